The van der Waals surface area contributed by atoms with Gasteiger partial charge in [0.05, 0.1) is 19.6 Å². The summed E-state index contributed by atoms with van der Waals surface area (Å²) >= 11 is 0. The van der Waals surface area contributed by atoms with Gasteiger partial charge in [-0.25, -0.2) is 13.2 Å². The van der Waals surface area contributed by atoms with E-state index in [2.05, 4.69) is 0 Å². The molecule has 146 valence electrons. The van der Waals surface area contributed by atoms with Crippen LogP contribution in [-0.4, -0.2) is 25.7 Å². The van der Waals surface area contributed by atoms with Crippen molar-refractivity contribution in [3.05, 3.63) is 35.1 Å². The Morgan fingerprint density at radius 3 is 1.92 bits per heavy atom. The summed E-state index contributed by atoms with van der Waals surface area (Å²) in [5, 5.41) is 0. The van der Waals surface area contributed by atoms with Crippen LogP contribution in [-0.2, 0) is 9.47 Å². The Morgan fingerprint density at radius 2 is 1.42 bits per heavy atom. The molecule has 1 aliphatic carbocycles. The highest BCUT2D eigenvalue weighted by molar-refractivity contribution is 5.23. The van der Waals surface area contributed by atoms with E-state index in [9.17, 15) is 26.3 Å². The lowest BCUT2D eigenvalue weighted by molar-refractivity contribution is -0.244. The van der Waals surface area contributed by atoms with E-state index in [0.29, 0.717) is 31.2 Å². The van der Waals surface area contributed by atoms with Crippen molar-refractivity contribution in [2.75, 3.05) is 13.2 Å². The molecule has 26 heavy (non-hydrogen) atoms. The van der Waals surface area contributed by atoms with Crippen molar-refractivity contribution in [1.82, 2.24) is 0 Å². The van der Waals surface area contributed by atoms with Gasteiger partial charge in [0, 0.05) is 11.8 Å². The molecule has 2 aliphatic rings. The number of hydrogen-bond acceptors (Lipinski definition) is 2. The van der Waals surface area contributed by atoms with Gasteiger partial charge in [-0.1, -0.05) is 0 Å². The maximum atomic E-state index is 13.4. The Labute approximate surface area is 147 Å². The van der Waals surface area contributed by atoms with Gasteiger partial charge in [-0.05, 0) is 49.3 Å². The molecule has 1 saturated carbocycles. The van der Waals surface area contributed by atoms with Crippen LogP contribution in [0.3, 0.4) is 0 Å². The summed E-state index contributed by atoms with van der Waals surface area (Å²) in [6, 6.07) is 2.05. The van der Waals surface area contributed by atoms with E-state index in [1.807, 2.05) is 0 Å². The summed E-state index contributed by atoms with van der Waals surface area (Å²) in [7, 11) is 0. The largest absolute Gasteiger partial charge is 0.389 e. The van der Waals surface area contributed by atoms with Gasteiger partial charge in [0.15, 0.2) is 23.7 Å². The normalized spacial score (nSPS) is 30.4. The summed E-state index contributed by atoms with van der Waals surface area (Å²) in [5.41, 5.74) is 0.426. The Hall–Kier alpha value is -1.28. The van der Waals surface area contributed by atoms with E-state index in [-0.39, 0.29) is 25.0 Å². The molecule has 0 bridgehead atoms. The number of hydrogen-bond donors (Lipinski definition) is 0. The molecule has 0 N–H and O–H groups in total. The second-order valence-corrected chi connectivity index (χ2v) is 7.13. The van der Waals surface area contributed by atoms with Crippen LogP contribution in [0.4, 0.5) is 26.3 Å². The van der Waals surface area contributed by atoms with Crippen LogP contribution in [0, 0.1) is 29.3 Å². The first-order valence-corrected chi connectivity index (χ1v) is 8.67. The van der Waals surface area contributed by atoms with Gasteiger partial charge < -0.3 is 9.47 Å². The Kier molecular flexibility index (Phi) is 5.81. The Morgan fingerprint density at radius 1 is 0.885 bits per heavy atom. The maximum Gasteiger partial charge on any atom is 0.389 e. The molecule has 1 heterocycles. The van der Waals surface area contributed by atoms with Crippen molar-refractivity contribution in [2.24, 2.45) is 11.8 Å². The highest BCUT2D eigenvalue weighted by Gasteiger charge is 2.37. The molecule has 0 unspecified atom stereocenters. The topological polar surface area (TPSA) is 18.5 Å². The van der Waals surface area contributed by atoms with Crippen LogP contribution in [0.25, 0.3) is 0 Å². The summed E-state index contributed by atoms with van der Waals surface area (Å²) in [4.78, 5) is 0. The highest BCUT2D eigenvalue weighted by atomic mass is 19.4. The van der Waals surface area contributed by atoms with Crippen LogP contribution in [0.5, 0.6) is 0 Å². The van der Waals surface area contributed by atoms with Crippen molar-refractivity contribution in [3.63, 3.8) is 0 Å². The zero-order chi connectivity index (χ0) is 18.9. The van der Waals surface area contributed by atoms with Crippen LogP contribution in [0.1, 0.15) is 43.6 Å². The number of benzene rings is 1. The van der Waals surface area contributed by atoms with E-state index in [4.69, 9.17) is 9.47 Å². The molecule has 3 rings (SSSR count). The summed E-state index contributed by atoms with van der Waals surface area (Å²) in [6.45, 7) is 0.0248. The number of alkyl halides is 3. The third kappa shape index (κ3) is 4.71. The van der Waals surface area contributed by atoms with Gasteiger partial charge in [0.1, 0.15) is 0 Å². The van der Waals surface area contributed by atoms with E-state index in [1.165, 1.54) is 0 Å². The Bertz CT molecular complexity index is 594. The van der Waals surface area contributed by atoms with Gasteiger partial charge in [-0.15, -0.1) is 0 Å². The van der Waals surface area contributed by atoms with Crippen LogP contribution < -0.4 is 0 Å². The zero-order valence-corrected chi connectivity index (χ0v) is 14.0. The van der Waals surface area contributed by atoms with Crippen LogP contribution in [0.2, 0.25) is 0 Å². The van der Waals surface area contributed by atoms with E-state index < -0.39 is 42.3 Å². The van der Waals surface area contributed by atoms with Gasteiger partial charge in [-0.2, -0.15) is 13.2 Å². The van der Waals surface area contributed by atoms with E-state index in [1.54, 1.807) is 0 Å². The third-order valence-corrected chi connectivity index (χ3v) is 5.15. The second kappa shape index (κ2) is 7.76. The van der Waals surface area contributed by atoms with Crippen molar-refractivity contribution in [2.45, 2.75) is 50.5 Å². The lowest BCUT2D eigenvalue weighted by Gasteiger charge is -2.37. The van der Waals surface area contributed by atoms with E-state index >= 15 is 0 Å². The fraction of sp³-hybridized carbons (Fsp3) is 0.667. The minimum Gasteiger partial charge on any atom is -0.352 e. The molecule has 2 fully saturated rings. The first-order chi connectivity index (χ1) is 12.2. The molecule has 0 radical (unpaired) electrons. The number of halogens is 6. The number of rotatable bonds is 3. The monoisotopic (exact) mass is 382 g/mol. The minimum absolute atomic E-state index is 0.0124. The fourth-order valence-corrected chi connectivity index (χ4v) is 3.81. The average Bonchev–Trinajstić information content (AvgIpc) is 2.59. The molecule has 1 aliphatic heterocycles. The summed E-state index contributed by atoms with van der Waals surface area (Å²) < 4.78 is 88.0. The first-order valence-electron chi connectivity index (χ1n) is 8.67. The van der Waals surface area contributed by atoms with Crippen molar-refractivity contribution >= 4 is 0 Å². The lowest BCUT2D eigenvalue weighted by Crippen LogP contribution is -2.39. The molecule has 0 atom stereocenters. The summed E-state index contributed by atoms with van der Waals surface area (Å²) in [5.74, 6) is -4.60. The quantitative estimate of drug-likeness (QED) is 0.520. The van der Waals surface area contributed by atoms with Gasteiger partial charge >= 0.3 is 6.18 Å². The molecule has 0 spiro atoms. The smallest absolute Gasteiger partial charge is 0.352 e. The standard InChI is InChI=1S/C18H20F6O2/c19-14-5-13(6-15(20)16(14)21)11-1-3-12(4-2-11)17-25-8-10(9-26-17)7-18(22,23)24/h5-6,10-12,17H,1-4,7-9H2. The van der Waals surface area contributed by atoms with Crippen LogP contribution >= 0.6 is 0 Å². The molecule has 0 aromatic heterocycles. The maximum absolute atomic E-state index is 13.4. The van der Waals surface area contributed by atoms with Gasteiger partial charge in [0.25, 0.3) is 0 Å². The third-order valence-electron chi connectivity index (χ3n) is 5.15. The molecule has 1 saturated heterocycles. The Balaban J connectivity index is 1.50. The predicted molar refractivity (Wildman–Crippen MR) is 80.9 cm³/mol. The molecular formula is C18H20F6O2. The first kappa shape index (κ1) is 19.5. The molecule has 1 aromatic rings. The fourth-order valence-electron chi connectivity index (χ4n) is 3.81. The van der Waals surface area contributed by atoms with Crippen LogP contribution in [0.15, 0.2) is 12.1 Å². The summed E-state index contributed by atoms with van der Waals surface area (Å²) in [6.07, 6.45) is -3.10. The highest BCUT2D eigenvalue weighted by Crippen LogP contribution is 2.40. The van der Waals surface area contributed by atoms with Gasteiger partial charge in [0.2, 0.25) is 0 Å². The average molecular weight is 382 g/mol. The minimum atomic E-state index is -4.23. The van der Waals surface area contributed by atoms with Crippen molar-refractivity contribution in [1.29, 1.82) is 0 Å². The second-order valence-electron chi connectivity index (χ2n) is 7.13. The molecule has 1 aromatic carbocycles. The number of ether oxygens (including phenoxy) is 2. The lowest BCUT2D eigenvalue weighted by atomic mass is 9.78. The SMILES string of the molecule is Fc1cc(C2CCC(C3OCC(CC(F)(F)F)CO3)CC2)cc(F)c1F. The molecule has 2 nitrogen and oxygen atoms in total. The molecule has 0 amide bonds. The van der Waals surface area contributed by atoms with Crippen molar-refractivity contribution < 1.29 is 35.8 Å². The zero-order valence-electron chi connectivity index (χ0n) is 14.0. The molecular weight excluding hydrogens is 362 g/mol. The van der Waals surface area contributed by atoms with Crippen molar-refractivity contribution in [3.8, 4) is 0 Å². The molecule has 8 heteroatoms. The van der Waals surface area contributed by atoms with E-state index in [0.717, 1.165) is 12.1 Å². The predicted octanol–water partition coefficient (Wildman–Crippen LogP) is 5.32. The van der Waals surface area contributed by atoms with Gasteiger partial charge in [-0.3, -0.25) is 0 Å².